The van der Waals surface area contributed by atoms with E-state index in [9.17, 15) is 0 Å². The van der Waals surface area contributed by atoms with Crippen molar-refractivity contribution < 1.29 is 8.83 Å². The van der Waals surface area contributed by atoms with Crippen molar-refractivity contribution in [1.29, 1.82) is 0 Å². The predicted molar refractivity (Wildman–Crippen MR) is 217 cm³/mol. The second-order valence-corrected chi connectivity index (χ2v) is 13.5. The summed E-state index contributed by atoms with van der Waals surface area (Å²) >= 11 is 0. The molecule has 0 saturated carbocycles. The molecule has 4 heteroatoms. The average molecular weight is 679 g/mol. The molecule has 0 aliphatic carbocycles. The molecule has 248 valence electrons. The molecular formula is C49H30N2O2. The Morgan fingerprint density at radius 2 is 0.906 bits per heavy atom. The quantitative estimate of drug-likeness (QED) is 0.182. The fourth-order valence-electron chi connectivity index (χ4n) is 7.95. The van der Waals surface area contributed by atoms with Crippen LogP contribution in [0.3, 0.4) is 0 Å². The van der Waals surface area contributed by atoms with Gasteiger partial charge in [0.25, 0.3) is 0 Å². The SMILES string of the molecule is c1ccc(-c2nc3ccccc3n2-c2cccc(-c3cc(-c4cccc5c4oc4ccccc45)cc(-c4cccc5c4oc4ccccc45)c3)c2)cc1. The number of nitrogens with zero attached hydrogens (tertiary/aromatic N) is 2. The monoisotopic (exact) mass is 678 g/mol. The molecule has 0 fully saturated rings. The zero-order valence-corrected chi connectivity index (χ0v) is 28.5. The molecule has 4 nitrogen and oxygen atoms in total. The zero-order chi connectivity index (χ0) is 34.9. The third-order valence-electron chi connectivity index (χ3n) is 10.4. The maximum absolute atomic E-state index is 6.57. The summed E-state index contributed by atoms with van der Waals surface area (Å²) in [4.78, 5) is 5.11. The molecule has 0 amide bonds. The van der Waals surface area contributed by atoms with Gasteiger partial charge in [-0.2, -0.15) is 0 Å². The molecule has 0 saturated heterocycles. The summed E-state index contributed by atoms with van der Waals surface area (Å²) in [7, 11) is 0. The number of furan rings is 2. The highest BCUT2D eigenvalue weighted by Crippen LogP contribution is 2.42. The van der Waals surface area contributed by atoms with Crippen LogP contribution in [0.5, 0.6) is 0 Å². The summed E-state index contributed by atoms with van der Waals surface area (Å²) < 4.78 is 15.4. The Morgan fingerprint density at radius 3 is 1.58 bits per heavy atom. The standard InChI is InChI=1S/C49H30N2O2/c1-2-13-31(14-3-1)49-50-43-23-6-7-24-44(43)51(49)36-16-10-15-32(30-36)33-27-34(37-19-11-21-41-39-17-4-8-25-45(39)52-47(37)41)29-35(28-33)38-20-12-22-42-40-18-5-9-26-46(40)53-48(38)42/h1-30H. The first-order valence-corrected chi connectivity index (χ1v) is 17.9. The van der Waals surface area contributed by atoms with Crippen LogP contribution in [0.15, 0.2) is 191 Å². The first-order chi connectivity index (χ1) is 26.3. The van der Waals surface area contributed by atoms with E-state index in [2.05, 4.69) is 150 Å². The number of fused-ring (bicyclic) bond motifs is 7. The van der Waals surface area contributed by atoms with E-state index in [-0.39, 0.29) is 0 Å². The van der Waals surface area contributed by atoms with Crippen molar-refractivity contribution in [2.75, 3.05) is 0 Å². The molecule has 3 heterocycles. The van der Waals surface area contributed by atoms with Gasteiger partial charge in [-0.25, -0.2) is 4.98 Å². The van der Waals surface area contributed by atoms with Crippen LogP contribution < -0.4 is 0 Å². The van der Waals surface area contributed by atoms with Gasteiger partial charge in [0.2, 0.25) is 0 Å². The van der Waals surface area contributed by atoms with Gasteiger partial charge >= 0.3 is 0 Å². The van der Waals surface area contributed by atoms with E-state index in [1.807, 2.05) is 36.4 Å². The number of aromatic nitrogens is 2. The number of benzene rings is 8. The molecule has 0 aliphatic heterocycles. The molecule has 11 aromatic rings. The Bertz CT molecular complexity index is 3050. The van der Waals surface area contributed by atoms with Crippen LogP contribution in [0, 0.1) is 0 Å². The Morgan fingerprint density at radius 1 is 0.377 bits per heavy atom. The average Bonchev–Trinajstić information content (AvgIpc) is 3.93. The molecule has 11 rings (SSSR count). The van der Waals surface area contributed by atoms with Gasteiger partial charge in [0.15, 0.2) is 0 Å². The van der Waals surface area contributed by atoms with Crippen LogP contribution in [-0.4, -0.2) is 9.55 Å². The van der Waals surface area contributed by atoms with Gasteiger partial charge in [-0.15, -0.1) is 0 Å². The summed E-state index contributed by atoms with van der Waals surface area (Å²) in [6.07, 6.45) is 0. The minimum atomic E-state index is 0.880. The lowest BCUT2D eigenvalue weighted by molar-refractivity contribution is 0.670. The van der Waals surface area contributed by atoms with E-state index < -0.39 is 0 Å². The highest BCUT2D eigenvalue weighted by molar-refractivity contribution is 6.11. The normalized spacial score (nSPS) is 11.8. The zero-order valence-electron chi connectivity index (χ0n) is 28.5. The third-order valence-corrected chi connectivity index (χ3v) is 10.4. The molecule has 0 aliphatic rings. The van der Waals surface area contributed by atoms with Gasteiger partial charge in [-0.1, -0.05) is 127 Å². The van der Waals surface area contributed by atoms with Gasteiger partial charge < -0.3 is 8.83 Å². The minimum Gasteiger partial charge on any atom is -0.455 e. The maximum atomic E-state index is 6.57. The lowest BCUT2D eigenvalue weighted by Gasteiger charge is -2.14. The van der Waals surface area contributed by atoms with Crippen molar-refractivity contribution in [2.45, 2.75) is 0 Å². The summed E-state index contributed by atoms with van der Waals surface area (Å²) in [6.45, 7) is 0. The lowest BCUT2D eigenvalue weighted by Crippen LogP contribution is -1.98. The largest absolute Gasteiger partial charge is 0.455 e. The van der Waals surface area contributed by atoms with E-state index in [0.29, 0.717) is 0 Å². The Balaban J connectivity index is 1.16. The number of rotatable bonds is 5. The first kappa shape index (κ1) is 29.5. The Labute approximate surface area is 304 Å². The van der Waals surface area contributed by atoms with Gasteiger partial charge in [0, 0.05) is 43.9 Å². The van der Waals surface area contributed by atoms with Crippen LogP contribution >= 0.6 is 0 Å². The molecule has 0 atom stereocenters. The predicted octanol–water partition coefficient (Wildman–Crippen LogP) is 13.5. The molecule has 0 bridgehead atoms. The number of hydrogen-bond donors (Lipinski definition) is 0. The van der Waals surface area contributed by atoms with Crippen molar-refractivity contribution in [3.8, 4) is 50.5 Å². The lowest BCUT2D eigenvalue weighted by atomic mass is 9.92. The Hall–Kier alpha value is -7.17. The highest BCUT2D eigenvalue weighted by Gasteiger charge is 2.19. The van der Waals surface area contributed by atoms with Crippen molar-refractivity contribution >= 4 is 54.9 Å². The number of hydrogen-bond acceptors (Lipinski definition) is 3. The van der Waals surface area contributed by atoms with Crippen molar-refractivity contribution in [3.05, 3.63) is 182 Å². The highest BCUT2D eigenvalue weighted by atomic mass is 16.3. The van der Waals surface area contributed by atoms with E-state index >= 15 is 0 Å². The molecule has 0 radical (unpaired) electrons. The fraction of sp³-hybridized carbons (Fsp3) is 0. The van der Waals surface area contributed by atoms with E-state index in [0.717, 1.165) is 105 Å². The van der Waals surface area contributed by atoms with E-state index in [1.54, 1.807) is 0 Å². The van der Waals surface area contributed by atoms with Gasteiger partial charge in [0.1, 0.15) is 28.2 Å². The van der Waals surface area contributed by atoms with Gasteiger partial charge in [-0.3, -0.25) is 4.57 Å². The molecule has 0 N–H and O–H groups in total. The summed E-state index contributed by atoms with van der Waals surface area (Å²) in [5, 5.41) is 4.43. The number of imidazole rings is 1. The van der Waals surface area contributed by atoms with E-state index in [1.165, 1.54) is 0 Å². The maximum Gasteiger partial charge on any atom is 0.145 e. The molecule has 0 unspecified atom stereocenters. The van der Waals surface area contributed by atoms with Gasteiger partial charge in [0.05, 0.1) is 11.0 Å². The van der Waals surface area contributed by atoms with Crippen molar-refractivity contribution in [1.82, 2.24) is 9.55 Å². The summed E-state index contributed by atoms with van der Waals surface area (Å²) in [5.74, 6) is 0.909. The van der Waals surface area contributed by atoms with Crippen LogP contribution in [0.4, 0.5) is 0 Å². The van der Waals surface area contributed by atoms with Crippen molar-refractivity contribution in [3.63, 3.8) is 0 Å². The van der Waals surface area contributed by atoms with E-state index in [4.69, 9.17) is 13.8 Å². The first-order valence-electron chi connectivity index (χ1n) is 17.9. The minimum absolute atomic E-state index is 0.880. The second-order valence-electron chi connectivity index (χ2n) is 13.5. The second kappa shape index (κ2) is 11.7. The fourth-order valence-corrected chi connectivity index (χ4v) is 7.95. The smallest absolute Gasteiger partial charge is 0.145 e. The molecule has 0 spiro atoms. The summed E-state index contributed by atoms with van der Waals surface area (Å²) in [5.41, 5.74) is 14.1. The third kappa shape index (κ3) is 4.73. The van der Waals surface area contributed by atoms with Crippen LogP contribution in [0.25, 0.3) is 105 Å². The van der Waals surface area contributed by atoms with Crippen molar-refractivity contribution in [2.24, 2.45) is 0 Å². The van der Waals surface area contributed by atoms with Crippen LogP contribution in [0.2, 0.25) is 0 Å². The molecule has 3 aromatic heterocycles. The number of para-hydroxylation sites is 6. The summed E-state index contributed by atoms with van der Waals surface area (Å²) in [6, 6.07) is 63.7. The Kier molecular flexibility index (Phi) is 6.52. The topological polar surface area (TPSA) is 44.1 Å². The molecule has 8 aromatic carbocycles. The van der Waals surface area contributed by atoms with Gasteiger partial charge in [-0.05, 0) is 76.9 Å². The molecular weight excluding hydrogens is 649 g/mol. The van der Waals surface area contributed by atoms with Crippen LogP contribution in [-0.2, 0) is 0 Å². The molecule has 53 heavy (non-hydrogen) atoms. The van der Waals surface area contributed by atoms with Crippen LogP contribution in [0.1, 0.15) is 0 Å².